The Morgan fingerprint density at radius 3 is 2.17 bits per heavy atom. The van der Waals surface area contributed by atoms with Crippen LogP contribution in [0, 0.1) is 0 Å². The minimum Gasteiger partial charge on any atom is -0.308 e. The molecule has 6 aromatic carbocycles. The Morgan fingerprint density at radius 1 is 0.500 bits per heavy atom. The van der Waals surface area contributed by atoms with Crippen molar-refractivity contribution in [3.63, 3.8) is 0 Å². The monoisotopic (exact) mass is 475 g/mol. The Balaban J connectivity index is 1.52. The third kappa shape index (κ3) is 2.76. The van der Waals surface area contributed by atoms with Crippen molar-refractivity contribution in [3.8, 4) is 16.8 Å². The Morgan fingerprint density at radius 2 is 1.25 bits per heavy atom. The maximum Gasteiger partial charge on any atom is 0.0719 e. The van der Waals surface area contributed by atoms with Gasteiger partial charge in [0.05, 0.1) is 15.7 Å². The van der Waals surface area contributed by atoms with Crippen molar-refractivity contribution < 1.29 is 0 Å². The normalized spacial score (nSPS) is 11.9. The maximum absolute atomic E-state index is 2.45. The summed E-state index contributed by atoms with van der Waals surface area (Å²) in [5, 5.41) is 7.82. The molecule has 0 saturated carbocycles. The second-order valence-electron chi connectivity index (χ2n) is 9.37. The molecule has 0 radical (unpaired) electrons. The molecule has 0 unspecified atom stereocenters. The van der Waals surface area contributed by atoms with Gasteiger partial charge < -0.3 is 4.57 Å². The lowest BCUT2D eigenvalue weighted by atomic mass is 9.97. The number of nitrogens with zero attached hydrogens (tertiary/aromatic N) is 1. The van der Waals surface area contributed by atoms with Gasteiger partial charge in [-0.1, -0.05) is 97.1 Å². The second kappa shape index (κ2) is 7.55. The quantitative estimate of drug-likeness (QED) is 0.234. The number of para-hydroxylation sites is 1. The summed E-state index contributed by atoms with van der Waals surface area (Å²) in [6.07, 6.45) is 0. The van der Waals surface area contributed by atoms with Gasteiger partial charge >= 0.3 is 0 Å². The van der Waals surface area contributed by atoms with Crippen LogP contribution in [-0.4, -0.2) is 4.57 Å². The lowest BCUT2D eigenvalue weighted by Crippen LogP contribution is -1.93. The third-order valence-electron chi connectivity index (χ3n) is 7.39. The fourth-order valence-electron chi connectivity index (χ4n) is 5.77. The van der Waals surface area contributed by atoms with E-state index in [0.717, 1.165) is 0 Å². The molecule has 36 heavy (non-hydrogen) atoms. The molecular weight excluding hydrogens is 454 g/mol. The van der Waals surface area contributed by atoms with Gasteiger partial charge in [0.2, 0.25) is 0 Å². The molecule has 1 nitrogen and oxygen atoms in total. The minimum absolute atomic E-state index is 1.19. The molecule has 2 heterocycles. The van der Waals surface area contributed by atoms with Crippen LogP contribution in [0.4, 0.5) is 0 Å². The van der Waals surface area contributed by atoms with Crippen LogP contribution in [0.1, 0.15) is 0 Å². The second-order valence-corrected chi connectivity index (χ2v) is 10.4. The number of benzene rings is 6. The van der Waals surface area contributed by atoms with Crippen molar-refractivity contribution in [2.75, 3.05) is 0 Å². The summed E-state index contributed by atoms with van der Waals surface area (Å²) >= 11 is 1.90. The number of aromatic nitrogens is 1. The largest absolute Gasteiger partial charge is 0.308 e. The number of rotatable bonds is 2. The number of hydrogen-bond donors (Lipinski definition) is 0. The molecule has 0 bridgehead atoms. The molecule has 0 saturated heterocycles. The molecule has 0 N–H and O–H groups in total. The summed E-state index contributed by atoms with van der Waals surface area (Å²) in [6, 6.07) is 46.4. The topological polar surface area (TPSA) is 4.93 Å². The van der Waals surface area contributed by atoms with E-state index in [1.54, 1.807) is 0 Å². The summed E-state index contributed by atoms with van der Waals surface area (Å²) in [7, 11) is 0. The molecule has 0 spiro atoms. The van der Waals surface area contributed by atoms with E-state index in [0.29, 0.717) is 0 Å². The van der Waals surface area contributed by atoms with Crippen molar-refractivity contribution in [1.82, 2.24) is 4.57 Å². The Hall–Kier alpha value is -4.40. The molecular formula is C34H21NS. The van der Waals surface area contributed by atoms with Gasteiger partial charge in [-0.25, -0.2) is 0 Å². The Labute approximate surface area is 212 Å². The minimum atomic E-state index is 1.19. The molecule has 0 aliphatic rings. The van der Waals surface area contributed by atoms with Crippen molar-refractivity contribution in [2.45, 2.75) is 0 Å². The van der Waals surface area contributed by atoms with E-state index in [1.807, 2.05) is 11.3 Å². The van der Waals surface area contributed by atoms with E-state index in [-0.39, 0.29) is 0 Å². The summed E-state index contributed by atoms with van der Waals surface area (Å²) in [5.74, 6) is 0. The molecule has 0 fully saturated rings. The van der Waals surface area contributed by atoms with Gasteiger partial charge in [0.15, 0.2) is 0 Å². The highest BCUT2D eigenvalue weighted by molar-refractivity contribution is 7.26. The van der Waals surface area contributed by atoms with Gasteiger partial charge in [-0.3, -0.25) is 0 Å². The highest BCUT2D eigenvalue weighted by Gasteiger charge is 2.18. The first-order chi connectivity index (χ1) is 17.9. The zero-order chi connectivity index (χ0) is 23.6. The standard InChI is InChI=1S/C34H21NS/c1-2-11-24(12-3-1)35-31-20-17-23(26-15-8-10-22-9-4-5-13-25(22)26)21-30(31)28-18-19-29-27-14-6-7-16-32(27)36-34(29)33(28)35/h1-21H. The Bertz CT molecular complexity index is 2090. The van der Waals surface area contributed by atoms with Crippen LogP contribution in [0.5, 0.6) is 0 Å². The van der Waals surface area contributed by atoms with Crippen LogP contribution in [0.15, 0.2) is 127 Å². The molecule has 0 atom stereocenters. The SMILES string of the molecule is c1ccc(-n2c3ccc(-c4cccc5ccccc45)cc3c3ccc4c5ccccc5sc4c32)cc1. The summed E-state index contributed by atoms with van der Waals surface area (Å²) in [4.78, 5) is 0. The lowest BCUT2D eigenvalue weighted by Gasteiger charge is -2.10. The van der Waals surface area contributed by atoms with Crippen LogP contribution in [0.3, 0.4) is 0 Å². The van der Waals surface area contributed by atoms with Gasteiger partial charge in [0.25, 0.3) is 0 Å². The molecule has 0 aliphatic heterocycles. The summed E-state index contributed by atoms with van der Waals surface area (Å²) < 4.78 is 5.14. The van der Waals surface area contributed by atoms with Crippen molar-refractivity contribution >= 4 is 64.1 Å². The van der Waals surface area contributed by atoms with Gasteiger partial charge in [0, 0.05) is 31.9 Å². The predicted octanol–water partition coefficient (Wildman–Crippen LogP) is 9.97. The van der Waals surface area contributed by atoms with Gasteiger partial charge in [0.1, 0.15) is 0 Å². The fourth-order valence-corrected chi connectivity index (χ4v) is 7.01. The van der Waals surface area contributed by atoms with Crippen LogP contribution < -0.4 is 0 Å². The first kappa shape index (κ1) is 19.9. The lowest BCUT2D eigenvalue weighted by molar-refractivity contribution is 1.19. The van der Waals surface area contributed by atoms with E-state index in [9.17, 15) is 0 Å². The number of fused-ring (bicyclic) bond motifs is 8. The van der Waals surface area contributed by atoms with Crippen LogP contribution in [-0.2, 0) is 0 Å². The van der Waals surface area contributed by atoms with Crippen molar-refractivity contribution in [3.05, 3.63) is 127 Å². The molecule has 2 heteroatoms. The zero-order valence-corrected chi connectivity index (χ0v) is 20.3. The highest BCUT2D eigenvalue weighted by atomic mass is 32.1. The number of thiophene rings is 1. The van der Waals surface area contributed by atoms with Gasteiger partial charge in [-0.05, 0) is 52.2 Å². The smallest absolute Gasteiger partial charge is 0.0719 e. The predicted molar refractivity (Wildman–Crippen MR) is 157 cm³/mol. The average Bonchev–Trinajstić information content (AvgIpc) is 3.49. The van der Waals surface area contributed by atoms with Crippen LogP contribution >= 0.6 is 11.3 Å². The molecule has 0 aliphatic carbocycles. The molecule has 0 amide bonds. The summed E-state index contributed by atoms with van der Waals surface area (Å²) in [6.45, 7) is 0. The van der Waals surface area contributed by atoms with Crippen molar-refractivity contribution in [2.24, 2.45) is 0 Å². The first-order valence-corrected chi connectivity index (χ1v) is 13.1. The molecule has 2 aromatic heterocycles. The molecule has 8 rings (SSSR count). The average molecular weight is 476 g/mol. The van der Waals surface area contributed by atoms with E-state index >= 15 is 0 Å². The zero-order valence-electron chi connectivity index (χ0n) is 19.5. The van der Waals surface area contributed by atoms with E-state index in [4.69, 9.17) is 0 Å². The first-order valence-electron chi connectivity index (χ1n) is 12.3. The van der Waals surface area contributed by atoms with Crippen LogP contribution in [0.25, 0.3) is 69.6 Å². The van der Waals surface area contributed by atoms with Crippen molar-refractivity contribution in [1.29, 1.82) is 0 Å². The van der Waals surface area contributed by atoms with Crippen LogP contribution in [0.2, 0.25) is 0 Å². The highest BCUT2D eigenvalue weighted by Crippen LogP contribution is 2.44. The Kier molecular flexibility index (Phi) is 4.16. The maximum atomic E-state index is 2.45. The van der Waals surface area contributed by atoms with E-state index in [1.165, 1.54) is 69.6 Å². The van der Waals surface area contributed by atoms with Gasteiger partial charge in [-0.2, -0.15) is 0 Å². The molecule has 8 aromatic rings. The summed E-state index contributed by atoms with van der Waals surface area (Å²) in [5.41, 5.74) is 6.26. The number of hydrogen-bond acceptors (Lipinski definition) is 1. The van der Waals surface area contributed by atoms with E-state index in [2.05, 4.69) is 132 Å². The molecule has 168 valence electrons. The van der Waals surface area contributed by atoms with Gasteiger partial charge in [-0.15, -0.1) is 11.3 Å². The third-order valence-corrected chi connectivity index (χ3v) is 8.58. The van der Waals surface area contributed by atoms with E-state index < -0.39 is 0 Å². The fraction of sp³-hybridized carbons (Fsp3) is 0.